The minimum absolute atomic E-state index is 0.121. The lowest BCUT2D eigenvalue weighted by Crippen LogP contribution is -2.24. The Hall–Kier alpha value is -0.870. The quantitative estimate of drug-likeness (QED) is 0.779. The fraction of sp³-hybridized carbons (Fsp3) is 0.700. The average Bonchev–Trinajstić information content (AvgIpc) is 2.48. The maximum Gasteiger partial charge on any atom is 0.139 e. The number of rotatable bonds is 5. The van der Waals surface area contributed by atoms with Crippen molar-refractivity contribution >= 4 is 0 Å². The Bertz CT molecular complexity index is 264. The van der Waals surface area contributed by atoms with Gasteiger partial charge in [0.15, 0.2) is 0 Å². The van der Waals surface area contributed by atoms with E-state index < -0.39 is 0 Å². The molecule has 14 heavy (non-hydrogen) atoms. The van der Waals surface area contributed by atoms with Crippen LogP contribution in [0.5, 0.6) is 0 Å². The molecule has 0 amide bonds. The lowest BCUT2D eigenvalue weighted by molar-refractivity contribution is 0.106. The Morgan fingerprint density at radius 1 is 1.50 bits per heavy atom. The molecule has 80 valence electrons. The number of ether oxygens (including phenoxy) is 1. The summed E-state index contributed by atoms with van der Waals surface area (Å²) in [6.07, 6.45) is 0.932. The first kappa shape index (κ1) is 11.2. The second-order valence-corrected chi connectivity index (χ2v) is 3.49. The number of aromatic nitrogens is 1. The van der Waals surface area contributed by atoms with Gasteiger partial charge in [-0.15, -0.1) is 0 Å². The highest BCUT2D eigenvalue weighted by Gasteiger charge is 2.09. The molecule has 1 heterocycles. The van der Waals surface area contributed by atoms with Crippen LogP contribution in [0.25, 0.3) is 0 Å². The smallest absolute Gasteiger partial charge is 0.139 e. The molecule has 0 aliphatic rings. The summed E-state index contributed by atoms with van der Waals surface area (Å²) in [5, 5.41) is 3.85. The van der Waals surface area contributed by atoms with Gasteiger partial charge in [0.05, 0.1) is 18.9 Å². The Balaban J connectivity index is 2.38. The number of nitrogens with two attached hydrogens (primary N) is 1. The zero-order valence-electron chi connectivity index (χ0n) is 9.04. The summed E-state index contributed by atoms with van der Waals surface area (Å²) in [5.41, 5.74) is 7.66. The molecule has 0 aliphatic heterocycles. The van der Waals surface area contributed by atoms with Crippen LogP contribution >= 0.6 is 0 Å². The molecule has 1 atom stereocenters. The summed E-state index contributed by atoms with van der Waals surface area (Å²) in [4.78, 5) is 0. The largest absolute Gasteiger partial charge is 0.375 e. The van der Waals surface area contributed by atoms with Crippen LogP contribution < -0.4 is 5.73 Å². The van der Waals surface area contributed by atoms with Gasteiger partial charge in [0, 0.05) is 11.6 Å². The Kier molecular flexibility index (Phi) is 4.10. The van der Waals surface area contributed by atoms with E-state index in [4.69, 9.17) is 15.0 Å². The summed E-state index contributed by atoms with van der Waals surface area (Å²) < 4.78 is 10.5. The maximum atomic E-state index is 5.72. The summed E-state index contributed by atoms with van der Waals surface area (Å²) in [6, 6.07) is 0.121. The molecule has 1 unspecified atom stereocenters. The zero-order valence-corrected chi connectivity index (χ0v) is 9.04. The van der Waals surface area contributed by atoms with E-state index in [-0.39, 0.29) is 6.04 Å². The number of aryl methyl sites for hydroxylation is 2. The third-order valence-corrected chi connectivity index (χ3v) is 2.28. The van der Waals surface area contributed by atoms with Gasteiger partial charge in [0.1, 0.15) is 5.76 Å². The van der Waals surface area contributed by atoms with Gasteiger partial charge >= 0.3 is 0 Å². The molecule has 1 rings (SSSR count). The van der Waals surface area contributed by atoms with Crippen LogP contribution in [0.4, 0.5) is 0 Å². The second-order valence-electron chi connectivity index (χ2n) is 3.49. The number of hydrogen-bond donors (Lipinski definition) is 1. The van der Waals surface area contributed by atoms with Crippen LogP contribution in [0.3, 0.4) is 0 Å². The van der Waals surface area contributed by atoms with E-state index in [0.717, 1.165) is 23.4 Å². The van der Waals surface area contributed by atoms with Crippen molar-refractivity contribution in [2.24, 2.45) is 5.73 Å². The van der Waals surface area contributed by atoms with Crippen LogP contribution in [-0.2, 0) is 11.3 Å². The molecule has 4 heteroatoms. The van der Waals surface area contributed by atoms with Crippen molar-refractivity contribution in [1.82, 2.24) is 5.16 Å². The van der Waals surface area contributed by atoms with Crippen molar-refractivity contribution in [2.75, 3.05) is 6.61 Å². The van der Waals surface area contributed by atoms with E-state index in [1.807, 2.05) is 20.8 Å². The topological polar surface area (TPSA) is 61.3 Å². The van der Waals surface area contributed by atoms with Gasteiger partial charge < -0.3 is 15.0 Å². The average molecular weight is 198 g/mol. The maximum absolute atomic E-state index is 5.72. The highest BCUT2D eigenvalue weighted by atomic mass is 16.5. The van der Waals surface area contributed by atoms with Crippen LogP contribution in [0, 0.1) is 13.8 Å². The molecule has 0 saturated carbocycles. The first-order chi connectivity index (χ1) is 6.65. The Morgan fingerprint density at radius 3 is 2.71 bits per heavy atom. The second kappa shape index (κ2) is 5.12. The molecular formula is C10H18N2O2. The van der Waals surface area contributed by atoms with Gasteiger partial charge in [0.2, 0.25) is 0 Å². The molecule has 0 spiro atoms. The summed E-state index contributed by atoms with van der Waals surface area (Å²) >= 11 is 0. The number of hydrogen-bond acceptors (Lipinski definition) is 4. The monoisotopic (exact) mass is 198 g/mol. The third-order valence-electron chi connectivity index (χ3n) is 2.28. The van der Waals surface area contributed by atoms with Gasteiger partial charge in [-0.2, -0.15) is 0 Å². The first-order valence-corrected chi connectivity index (χ1v) is 4.90. The fourth-order valence-corrected chi connectivity index (χ4v) is 1.14. The van der Waals surface area contributed by atoms with Crippen LogP contribution in [0.1, 0.15) is 30.4 Å². The van der Waals surface area contributed by atoms with E-state index >= 15 is 0 Å². The van der Waals surface area contributed by atoms with Gasteiger partial charge in [0.25, 0.3) is 0 Å². The standard InChI is InChI=1S/C10H18N2O2/c1-4-9(11)5-13-6-10-7(2)12-14-8(10)3/h9H,4-6,11H2,1-3H3. The lowest BCUT2D eigenvalue weighted by Gasteiger charge is -2.08. The fourth-order valence-electron chi connectivity index (χ4n) is 1.14. The van der Waals surface area contributed by atoms with Crippen LogP contribution in [-0.4, -0.2) is 17.8 Å². The summed E-state index contributed by atoms with van der Waals surface area (Å²) in [6.45, 7) is 6.97. The predicted octanol–water partition coefficient (Wildman–Crippen LogP) is 1.55. The zero-order chi connectivity index (χ0) is 10.6. The SMILES string of the molecule is CCC(N)COCc1c(C)noc1C. The summed E-state index contributed by atoms with van der Waals surface area (Å²) in [5.74, 6) is 0.826. The molecular weight excluding hydrogens is 180 g/mol. The van der Waals surface area contributed by atoms with E-state index in [9.17, 15) is 0 Å². The molecule has 0 bridgehead atoms. The van der Waals surface area contributed by atoms with Crippen molar-refractivity contribution < 1.29 is 9.26 Å². The molecule has 2 N–H and O–H groups in total. The van der Waals surface area contributed by atoms with E-state index in [1.54, 1.807) is 0 Å². The van der Waals surface area contributed by atoms with E-state index in [2.05, 4.69) is 5.16 Å². The predicted molar refractivity (Wildman–Crippen MR) is 53.9 cm³/mol. The van der Waals surface area contributed by atoms with Crippen molar-refractivity contribution in [2.45, 2.75) is 39.8 Å². The van der Waals surface area contributed by atoms with E-state index in [1.165, 1.54) is 0 Å². The molecule has 4 nitrogen and oxygen atoms in total. The summed E-state index contributed by atoms with van der Waals surface area (Å²) in [7, 11) is 0. The normalized spacial score (nSPS) is 13.1. The molecule has 1 aromatic heterocycles. The molecule has 0 fully saturated rings. The minimum atomic E-state index is 0.121. The Labute approximate surface area is 84.4 Å². The van der Waals surface area contributed by atoms with Crippen LogP contribution in [0.15, 0.2) is 4.52 Å². The van der Waals surface area contributed by atoms with Crippen molar-refractivity contribution in [3.63, 3.8) is 0 Å². The highest BCUT2D eigenvalue weighted by molar-refractivity contribution is 5.19. The lowest BCUT2D eigenvalue weighted by atomic mass is 10.2. The molecule has 1 aromatic rings. The van der Waals surface area contributed by atoms with Crippen molar-refractivity contribution in [3.05, 3.63) is 17.0 Å². The molecule has 0 saturated heterocycles. The molecule has 0 aliphatic carbocycles. The third kappa shape index (κ3) is 2.82. The van der Waals surface area contributed by atoms with Gasteiger partial charge in [-0.1, -0.05) is 12.1 Å². The van der Waals surface area contributed by atoms with E-state index in [0.29, 0.717) is 13.2 Å². The number of nitrogens with zero attached hydrogens (tertiary/aromatic N) is 1. The minimum Gasteiger partial charge on any atom is -0.375 e. The highest BCUT2D eigenvalue weighted by Crippen LogP contribution is 2.13. The van der Waals surface area contributed by atoms with Gasteiger partial charge in [-0.3, -0.25) is 0 Å². The first-order valence-electron chi connectivity index (χ1n) is 4.90. The Morgan fingerprint density at radius 2 is 2.21 bits per heavy atom. The molecule has 0 radical (unpaired) electrons. The van der Waals surface area contributed by atoms with Gasteiger partial charge in [-0.25, -0.2) is 0 Å². The van der Waals surface area contributed by atoms with Crippen molar-refractivity contribution in [3.8, 4) is 0 Å². The van der Waals surface area contributed by atoms with Crippen molar-refractivity contribution in [1.29, 1.82) is 0 Å². The molecule has 0 aromatic carbocycles. The van der Waals surface area contributed by atoms with Crippen LogP contribution in [0.2, 0.25) is 0 Å². The van der Waals surface area contributed by atoms with Gasteiger partial charge in [-0.05, 0) is 20.3 Å².